The molecule has 0 aliphatic heterocycles. The third kappa shape index (κ3) is 8.48. The Kier molecular flexibility index (Phi) is 11.0. The number of hydrogen-bond donors (Lipinski definition) is 0. The van der Waals surface area contributed by atoms with E-state index in [1.54, 1.807) is 25.9 Å². The van der Waals surface area contributed by atoms with Crippen LogP contribution in [0.1, 0.15) is 37.4 Å². The van der Waals surface area contributed by atoms with Gasteiger partial charge < -0.3 is 18.8 Å². The van der Waals surface area contributed by atoms with Gasteiger partial charge >= 0.3 is 5.97 Å². The first-order chi connectivity index (χ1) is 15.4. The van der Waals surface area contributed by atoms with Crippen molar-refractivity contribution in [1.82, 2.24) is 9.80 Å². The number of benzene rings is 1. The SMILES string of the molecule is CCOC(=O)[C@@H](C)N(CCCOC)CC(=O)N(CCc1ccccc1)Cc1ccc(C)o1. The van der Waals surface area contributed by atoms with E-state index in [0.717, 1.165) is 29.9 Å². The van der Waals surface area contributed by atoms with Crippen molar-refractivity contribution in [3.05, 3.63) is 59.5 Å². The third-order valence-corrected chi connectivity index (χ3v) is 5.32. The molecule has 176 valence electrons. The second-order valence-electron chi connectivity index (χ2n) is 7.81. The smallest absolute Gasteiger partial charge is 0.323 e. The molecule has 32 heavy (non-hydrogen) atoms. The molecule has 1 heterocycles. The van der Waals surface area contributed by atoms with E-state index >= 15 is 0 Å². The highest BCUT2D eigenvalue weighted by molar-refractivity contribution is 5.80. The molecule has 1 aromatic heterocycles. The molecule has 7 nitrogen and oxygen atoms in total. The summed E-state index contributed by atoms with van der Waals surface area (Å²) in [6.45, 7) is 7.95. The summed E-state index contributed by atoms with van der Waals surface area (Å²) in [6.07, 6.45) is 1.46. The van der Waals surface area contributed by atoms with Crippen LogP contribution in [0.25, 0.3) is 0 Å². The van der Waals surface area contributed by atoms with Crippen LogP contribution in [0.2, 0.25) is 0 Å². The van der Waals surface area contributed by atoms with Gasteiger partial charge in [-0.1, -0.05) is 30.3 Å². The normalized spacial score (nSPS) is 12.0. The lowest BCUT2D eigenvalue weighted by Gasteiger charge is -2.30. The van der Waals surface area contributed by atoms with Crippen molar-refractivity contribution < 1.29 is 23.5 Å². The number of carbonyl (C=O) groups excluding carboxylic acids is 2. The molecule has 0 radical (unpaired) electrons. The number of ether oxygens (including phenoxy) is 2. The highest BCUT2D eigenvalue weighted by Crippen LogP contribution is 2.13. The average molecular weight is 445 g/mol. The number of aryl methyl sites for hydroxylation is 1. The highest BCUT2D eigenvalue weighted by atomic mass is 16.5. The van der Waals surface area contributed by atoms with Crippen LogP contribution < -0.4 is 0 Å². The monoisotopic (exact) mass is 444 g/mol. The van der Waals surface area contributed by atoms with E-state index in [9.17, 15) is 9.59 Å². The van der Waals surface area contributed by atoms with Gasteiger partial charge in [-0.3, -0.25) is 14.5 Å². The molecule has 2 rings (SSSR count). The molecule has 0 aliphatic carbocycles. The van der Waals surface area contributed by atoms with Crippen LogP contribution in [0, 0.1) is 6.92 Å². The fourth-order valence-electron chi connectivity index (χ4n) is 3.47. The largest absolute Gasteiger partial charge is 0.465 e. The molecule has 0 N–H and O–H groups in total. The summed E-state index contributed by atoms with van der Waals surface area (Å²) in [5.41, 5.74) is 1.16. The molecular weight excluding hydrogens is 408 g/mol. The molecule has 0 fully saturated rings. The Balaban J connectivity index is 2.12. The second kappa shape index (κ2) is 13.7. The molecule has 1 atom stereocenters. The van der Waals surface area contributed by atoms with E-state index in [0.29, 0.717) is 32.8 Å². The van der Waals surface area contributed by atoms with Crippen molar-refractivity contribution >= 4 is 11.9 Å². The highest BCUT2D eigenvalue weighted by Gasteiger charge is 2.26. The third-order valence-electron chi connectivity index (χ3n) is 5.32. The van der Waals surface area contributed by atoms with E-state index in [1.807, 2.05) is 42.2 Å². The van der Waals surface area contributed by atoms with Gasteiger partial charge in [-0.05, 0) is 51.3 Å². The van der Waals surface area contributed by atoms with Crippen molar-refractivity contribution in [3.8, 4) is 0 Å². The van der Waals surface area contributed by atoms with Crippen LogP contribution in [-0.4, -0.2) is 67.7 Å². The maximum atomic E-state index is 13.4. The van der Waals surface area contributed by atoms with Crippen LogP contribution >= 0.6 is 0 Å². The van der Waals surface area contributed by atoms with E-state index < -0.39 is 6.04 Å². The van der Waals surface area contributed by atoms with Crippen molar-refractivity contribution in [2.75, 3.05) is 40.0 Å². The van der Waals surface area contributed by atoms with Crippen molar-refractivity contribution in [1.29, 1.82) is 0 Å². The predicted octanol–water partition coefficient (Wildman–Crippen LogP) is 3.45. The van der Waals surface area contributed by atoms with Gasteiger partial charge in [-0.25, -0.2) is 0 Å². The zero-order valence-corrected chi connectivity index (χ0v) is 19.7. The van der Waals surface area contributed by atoms with E-state index in [1.165, 1.54) is 0 Å². The molecule has 0 saturated carbocycles. The Bertz CT molecular complexity index is 821. The summed E-state index contributed by atoms with van der Waals surface area (Å²) in [7, 11) is 1.64. The summed E-state index contributed by atoms with van der Waals surface area (Å²) in [5, 5.41) is 0. The summed E-state index contributed by atoms with van der Waals surface area (Å²) in [5.74, 6) is 1.18. The lowest BCUT2D eigenvalue weighted by atomic mass is 10.1. The van der Waals surface area contributed by atoms with Crippen LogP contribution in [-0.2, 0) is 32.0 Å². The molecule has 0 aliphatic rings. The van der Waals surface area contributed by atoms with Crippen molar-refractivity contribution in [2.24, 2.45) is 0 Å². The van der Waals surface area contributed by atoms with E-state index in [-0.39, 0.29) is 18.4 Å². The number of methoxy groups -OCH3 is 1. The molecule has 1 amide bonds. The quantitative estimate of drug-likeness (QED) is 0.328. The predicted molar refractivity (Wildman–Crippen MR) is 123 cm³/mol. The number of hydrogen-bond acceptors (Lipinski definition) is 6. The van der Waals surface area contributed by atoms with E-state index in [4.69, 9.17) is 13.9 Å². The van der Waals surface area contributed by atoms with Crippen LogP contribution in [0.3, 0.4) is 0 Å². The minimum atomic E-state index is -0.516. The first kappa shape index (κ1) is 25.6. The van der Waals surface area contributed by atoms with Crippen LogP contribution in [0.5, 0.6) is 0 Å². The summed E-state index contributed by atoms with van der Waals surface area (Å²) >= 11 is 0. The lowest BCUT2D eigenvalue weighted by molar-refractivity contribution is -0.150. The molecule has 7 heteroatoms. The Morgan fingerprint density at radius 3 is 2.47 bits per heavy atom. The number of esters is 1. The van der Waals surface area contributed by atoms with Gasteiger partial charge in [0.1, 0.15) is 17.6 Å². The van der Waals surface area contributed by atoms with Gasteiger partial charge in [0.2, 0.25) is 5.91 Å². The van der Waals surface area contributed by atoms with Gasteiger partial charge in [-0.2, -0.15) is 0 Å². The van der Waals surface area contributed by atoms with Gasteiger partial charge in [0.15, 0.2) is 0 Å². The molecule has 0 unspecified atom stereocenters. The number of rotatable bonds is 14. The average Bonchev–Trinajstić information content (AvgIpc) is 3.20. The number of furan rings is 1. The van der Waals surface area contributed by atoms with Gasteiger partial charge in [0, 0.05) is 26.8 Å². The second-order valence-corrected chi connectivity index (χ2v) is 7.81. The Hall–Kier alpha value is -2.64. The van der Waals surface area contributed by atoms with Crippen LogP contribution in [0.15, 0.2) is 46.9 Å². The summed E-state index contributed by atoms with van der Waals surface area (Å²) < 4.78 is 16.1. The Labute approximate surface area is 191 Å². The first-order valence-electron chi connectivity index (χ1n) is 11.2. The fraction of sp³-hybridized carbons (Fsp3) is 0.520. The summed E-state index contributed by atoms with van der Waals surface area (Å²) in [6, 6.07) is 13.4. The molecule has 2 aromatic rings. The van der Waals surface area contributed by atoms with Crippen LogP contribution in [0.4, 0.5) is 0 Å². The molecular formula is C25H36N2O5. The lowest BCUT2D eigenvalue weighted by Crippen LogP contribution is -2.47. The molecule has 0 spiro atoms. The number of carbonyl (C=O) groups is 2. The maximum Gasteiger partial charge on any atom is 0.323 e. The zero-order valence-electron chi connectivity index (χ0n) is 19.7. The van der Waals surface area contributed by atoms with E-state index in [2.05, 4.69) is 12.1 Å². The van der Waals surface area contributed by atoms with Gasteiger partial charge in [0.25, 0.3) is 0 Å². The topological polar surface area (TPSA) is 72.2 Å². The minimum absolute atomic E-state index is 0.0523. The maximum absolute atomic E-state index is 13.4. The number of amides is 1. The first-order valence-corrected chi connectivity index (χ1v) is 11.2. The van der Waals surface area contributed by atoms with Gasteiger partial charge in [0.05, 0.1) is 19.7 Å². The Morgan fingerprint density at radius 2 is 1.84 bits per heavy atom. The van der Waals surface area contributed by atoms with Crippen molar-refractivity contribution in [3.63, 3.8) is 0 Å². The molecule has 0 saturated heterocycles. The molecule has 1 aromatic carbocycles. The molecule has 0 bridgehead atoms. The summed E-state index contributed by atoms with van der Waals surface area (Å²) in [4.78, 5) is 29.4. The zero-order chi connectivity index (χ0) is 23.3. The fourth-order valence-corrected chi connectivity index (χ4v) is 3.47. The van der Waals surface area contributed by atoms with Crippen molar-refractivity contribution in [2.45, 2.75) is 46.2 Å². The standard InChI is InChI=1S/C25H36N2O5/c1-5-31-25(29)21(3)26(15-9-17-30-4)19-24(28)27(18-23-13-12-20(2)32-23)16-14-22-10-7-6-8-11-22/h6-8,10-13,21H,5,9,14-19H2,1-4H3/t21-/m1/s1. The Morgan fingerprint density at radius 1 is 1.09 bits per heavy atom. The minimum Gasteiger partial charge on any atom is -0.465 e. The van der Waals surface area contributed by atoms with Gasteiger partial charge in [-0.15, -0.1) is 0 Å². The number of nitrogens with zero attached hydrogens (tertiary/aromatic N) is 2.